The van der Waals surface area contributed by atoms with Gasteiger partial charge in [-0.15, -0.1) is 0 Å². The van der Waals surface area contributed by atoms with Gasteiger partial charge in [0.1, 0.15) is 48.5 Å². The van der Waals surface area contributed by atoms with Crippen molar-refractivity contribution in [2.75, 3.05) is 19.6 Å². The van der Waals surface area contributed by atoms with Crippen molar-refractivity contribution in [2.45, 2.75) is 151 Å². The molecule has 0 aromatic heterocycles. The van der Waals surface area contributed by atoms with Crippen LogP contribution in [-0.2, 0) is 49.4 Å². The first-order valence-electron chi connectivity index (χ1n) is 26.9. The number of phenolic OH excluding ortho intramolecular Hbond substituents is 1. The average molecular weight is 1190 g/mol. The molecule has 0 radical (unpaired) electrons. The van der Waals surface area contributed by atoms with Crippen molar-refractivity contribution in [1.29, 1.82) is 0 Å². The van der Waals surface area contributed by atoms with Gasteiger partial charge in [-0.1, -0.05) is 84.9 Å². The normalized spacial score (nSPS) is 26.4. The Morgan fingerprint density at radius 2 is 1.41 bits per heavy atom. The largest absolute Gasteiger partial charge is 0.504 e. The first-order chi connectivity index (χ1) is 39.4. The van der Waals surface area contributed by atoms with E-state index in [1.165, 1.54) is 24.6 Å². The van der Waals surface area contributed by atoms with Crippen molar-refractivity contribution < 1.29 is 98.0 Å². The maximum absolute atomic E-state index is 14.7. The minimum atomic E-state index is -2.52. The van der Waals surface area contributed by atoms with E-state index in [1.807, 2.05) is 24.3 Å². The number of amides is 8. The lowest BCUT2D eigenvalue weighted by molar-refractivity contribution is -0.433. The molecule has 3 aliphatic heterocycles. The van der Waals surface area contributed by atoms with Crippen LogP contribution >= 0.6 is 12.3 Å². The van der Waals surface area contributed by atoms with Gasteiger partial charge in [-0.3, -0.25) is 38.4 Å². The molecule has 6 rings (SSSR count). The maximum atomic E-state index is 14.7. The molecule has 0 bridgehead atoms. The molecule has 0 spiro atoms. The smallest absolute Gasteiger partial charge is 0.261 e. The van der Waals surface area contributed by atoms with E-state index >= 15 is 0 Å². The fraction of sp³-hybridized carbons (Fsp3) is 0.519. The second kappa shape index (κ2) is 30.0. The molecule has 454 valence electrons. The Balaban J connectivity index is 1.36. The fourth-order valence-electron chi connectivity index (χ4n) is 10.1. The maximum Gasteiger partial charge on any atom is 0.261 e. The molecule has 28 nitrogen and oxygen atoms in total. The third-order valence-corrected chi connectivity index (χ3v) is 15.1. The quantitative estimate of drug-likeness (QED) is 0.0264. The summed E-state index contributed by atoms with van der Waals surface area (Å²) >= 11 is -0.0185. The van der Waals surface area contributed by atoms with Crippen LogP contribution in [0.4, 0.5) is 0 Å². The molecule has 0 saturated carbocycles. The van der Waals surface area contributed by atoms with Crippen LogP contribution in [0.1, 0.15) is 93.3 Å². The monoisotopic (exact) mass is 1180 g/mol. The van der Waals surface area contributed by atoms with Gasteiger partial charge < -0.3 is 87.2 Å². The number of hydrogen-bond acceptors (Lipinski definition) is 21. The Labute approximate surface area is 480 Å². The number of unbranched alkanes of at least 4 members (excludes halogenated alkanes) is 3. The van der Waals surface area contributed by atoms with Gasteiger partial charge in [0.2, 0.25) is 41.4 Å². The molecule has 3 heterocycles. The highest BCUT2D eigenvalue weighted by Crippen LogP contribution is 2.34. The number of nitrogens with zero attached hydrogens (tertiary/aromatic N) is 2. The van der Waals surface area contributed by atoms with Crippen molar-refractivity contribution in [2.24, 2.45) is 11.7 Å². The number of carbonyl (C=O) groups is 8. The summed E-state index contributed by atoms with van der Waals surface area (Å²) in [6.45, 7) is 2.91. The van der Waals surface area contributed by atoms with E-state index in [4.69, 9.17) is 15.2 Å². The Morgan fingerprint density at radius 3 is 2.05 bits per heavy atom. The standard InChI is InChI=1S/C54H72N8O20S/c1-4-5-6-7-8-28-9-11-29(12-10-28)30-13-15-31(16-14-30)48(72)57-35-20-33(64)23-56-52(76)44-45(69)26(2)24-62(44)54(78)42(38(67)22-40(55)68)59-51(75)43(47(71)46(70)32-17-18-37(66)39(19-32)80-83-82-81-79)60-50(74)36-21-34(65)25-61(36)53(77)41(27(3)63)58-49(35)73/h9-19,26-27,33-36,38,41-47,63-67,69-71,79H,4-8,20-25H2,1-3H3,(H2,55,68)(H,56,76)(H,57,72)(H,58,73)(H,59,75)(H,60,74). The zero-order valence-electron chi connectivity index (χ0n) is 45.6. The zero-order chi connectivity index (χ0) is 60.8. The summed E-state index contributed by atoms with van der Waals surface area (Å²) in [6, 6.07) is 5.15. The Bertz CT molecular complexity index is 2760. The topological polar surface area (TPSA) is 439 Å². The molecule has 0 aliphatic carbocycles. The molecular formula is C54H72N8O20S. The summed E-state index contributed by atoms with van der Waals surface area (Å²) < 4.78 is 9.19. The third-order valence-electron chi connectivity index (χ3n) is 14.7. The second-order valence-electron chi connectivity index (χ2n) is 20.9. The molecule has 16 N–H and O–H groups in total. The van der Waals surface area contributed by atoms with Gasteiger partial charge in [-0.2, -0.15) is 0 Å². The summed E-state index contributed by atoms with van der Waals surface area (Å²) in [6.07, 6.45) is -10.5. The lowest BCUT2D eigenvalue weighted by Gasteiger charge is -2.34. The van der Waals surface area contributed by atoms with Crippen LogP contribution < -0.4 is 36.5 Å². The van der Waals surface area contributed by atoms with E-state index < -0.39 is 183 Å². The summed E-state index contributed by atoms with van der Waals surface area (Å²) in [5.74, 6) is -11.7. The Kier molecular flexibility index (Phi) is 23.5. The first kappa shape index (κ1) is 65.1. The van der Waals surface area contributed by atoms with Gasteiger partial charge in [0, 0.05) is 44.0 Å². The fourth-order valence-corrected chi connectivity index (χ4v) is 10.4. The third kappa shape index (κ3) is 16.8. The number of primary amides is 1. The van der Waals surface area contributed by atoms with Crippen LogP contribution in [0.25, 0.3) is 11.1 Å². The number of β-amino-alcohol motifs (C(OH)–C–C–N with tert-alkyl or cyclic N) is 1. The molecule has 8 amide bonds. The van der Waals surface area contributed by atoms with Crippen molar-refractivity contribution in [1.82, 2.24) is 36.4 Å². The van der Waals surface area contributed by atoms with E-state index in [0.717, 1.165) is 78.2 Å². The average Bonchev–Trinajstić information content (AvgIpc) is 4.21. The number of phenols is 1. The van der Waals surface area contributed by atoms with Gasteiger partial charge in [0.25, 0.3) is 18.2 Å². The van der Waals surface area contributed by atoms with Gasteiger partial charge in [-0.05, 0) is 66.3 Å². The number of aliphatic hydroxyl groups excluding tert-OH is 7. The molecular weight excluding hydrogens is 1110 g/mol. The zero-order valence-corrected chi connectivity index (χ0v) is 46.4. The van der Waals surface area contributed by atoms with Crippen LogP contribution in [-0.4, -0.2) is 196 Å². The van der Waals surface area contributed by atoms with Gasteiger partial charge in [0.15, 0.2) is 11.5 Å². The number of aliphatic hydroxyl groups is 7. The Morgan fingerprint density at radius 1 is 0.771 bits per heavy atom. The van der Waals surface area contributed by atoms with Crippen LogP contribution in [0.5, 0.6) is 11.5 Å². The number of hydrogen-bond donors (Lipinski definition) is 15. The first-order valence-corrected chi connectivity index (χ1v) is 27.6. The number of benzene rings is 3. The van der Waals surface area contributed by atoms with E-state index in [0.29, 0.717) is 0 Å². The van der Waals surface area contributed by atoms with Gasteiger partial charge in [-0.25, -0.2) is 5.26 Å². The number of carbonyl (C=O) groups excluding carboxylic acids is 8. The van der Waals surface area contributed by atoms with E-state index in [-0.39, 0.29) is 23.5 Å². The van der Waals surface area contributed by atoms with Crippen LogP contribution in [0.3, 0.4) is 0 Å². The van der Waals surface area contributed by atoms with Crippen LogP contribution in [0.2, 0.25) is 0 Å². The predicted octanol–water partition coefficient (Wildman–Crippen LogP) is -2.14. The summed E-state index contributed by atoms with van der Waals surface area (Å²) in [7, 11) is 0. The molecule has 14 unspecified atom stereocenters. The number of nitrogens with two attached hydrogens (primary N) is 1. The molecule has 29 heteroatoms. The molecule has 3 aromatic rings. The second-order valence-corrected chi connectivity index (χ2v) is 21.4. The molecule has 3 saturated heterocycles. The molecule has 3 fully saturated rings. The number of nitrogens with one attached hydrogen (secondary N) is 5. The van der Waals surface area contributed by atoms with Crippen molar-refractivity contribution >= 4 is 59.6 Å². The van der Waals surface area contributed by atoms with E-state index in [9.17, 15) is 79.2 Å². The van der Waals surface area contributed by atoms with Gasteiger partial charge >= 0.3 is 0 Å². The molecule has 83 heavy (non-hydrogen) atoms. The summed E-state index contributed by atoms with van der Waals surface area (Å²) in [4.78, 5) is 115. The van der Waals surface area contributed by atoms with Gasteiger partial charge in [0.05, 0.1) is 36.9 Å². The number of aromatic hydroxyl groups is 1. The van der Waals surface area contributed by atoms with Crippen molar-refractivity contribution in [3.05, 3.63) is 83.4 Å². The lowest BCUT2D eigenvalue weighted by atomic mass is 9.96. The van der Waals surface area contributed by atoms with Crippen LogP contribution in [0.15, 0.2) is 66.7 Å². The predicted molar refractivity (Wildman–Crippen MR) is 291 cm³/mol. The molecule has 14 atom stereocenters. The molecule has 3 aliphatic rings. The number of rotatable bonds is 19. The van der Waals surface area contributed by atoms with Crippen molar-refractivity contribution in [3.63, 3.8) is 0 Å². The minimum Gasteiger partial charge on any atom is -0.504 e. The highest BCUT2D eigenvalue weighted by Gasteiger charge is 2.50. The minimum absolute atomic E-state index is 0.0185. The molecule has 3 aromatic carbocycles. The Hall–Kier alpha value is -7.03. The van der Waals surface area contributed by atoms with E-state index in [1.54, 1.807) is 12.1 Å². The highest BCUT2D eigenvalue weighted by atomic mass is 32.2. The lowest BCUT2D eigenvalue weighted by Crippen LogP contribution is -2.64. The number of fused-ring (bicyclic) bond motifs is 2. The van der Waals surface area contributed by atoms with Crippen LogP contribution in [0, 0.1) is 5.92 Å². The van der Waals surface area contributed by atoms with E-state index in [2.05, 4.69) is 42.9 Å². The van der Waals surface area contributed by atoms with Crippen molar-refractivity contribution in [3.8, 4) is 22.6 Å². The SMILES string of the molecule is CCCCCCc1ccc(-c2ccc(C(=O)NC3CC(O)CNC(=O)C4C(O)C(C)CN4C(=O)C(C(O)CC(N)=O)NC(=O)C(C(O)C(O)c4ccc(O)c(OSOOO)c4)NC(=O)C4CC(O)CN4C(=O)C(C(C)O)NC3=O)cc2)cc1. The highest BCUT2D eigenvalue weighted by molar-refractivity contribution is 7.90. The summed E-state index contributed by atoms with van der Waals surface area (Å²) in [5, 5.41) is 114. The number of aryl methyl sites for hydroxylation is 1. The summed E-state index contributed by atoms with van der Waals surface area (Å²) in [5.41, 5.74) is 7.90.